The molecule has 100 valence electrons. The third kappa shape index (κ3) is 2.12. The van der Waals surface area contributed by atoms with Crippen LogP contribution in [0.25, 0.3) is 0 Å². The lowest BCUT2D eigenvalue weighted by Crippen LogP contribution is -2.48. The van der Waals surface area contributed by atoms with E-state index < -0.39 is 0 Å². The number of hydrogen-bond donors (Lipinski definition) is 1. The van der Waals surface area contributed by atoms with Crippen LogP contribution >= 0.6 is 11.6 Å². The van der Waals surface area contributed by atoms with Gasteiger partial charge in [0.2, 0.25) is 0 Å². The first kappa shape index (κ1) is 13.7. The van der Waals surface area contributed by atoms with Crippen molar-refractivity contribution in [2.75, 3.05) is 11.4 Å². The molecule has 0 saturated carbocycles. The molecule has 0 saturated heterocycles. The zero-order valence-corrected chi connectivity index (χ0v) is 12.5. The molecule has 2 nitrogen and oxygen atoms in total. The van der Waals surface area contributed by atoms with Crippen molar-refractivity contribution in [3.63, 3.8) is 0 Å². The lowest BCUT2D eigenvalue weighted by Gasteiger charge is -2.47. The van der Waals surface area contributed by atoms with Crippen LogP contribution in [0, 0.1) is 0 Å². The van der Waals surface area contributed by atoms with Crippen molar-refractivity contribution in [1.82, 2.24) is 0 Å². The highest BCUT2D eigenvalue weighted by Crippen LogP contribution is 2.44. The van der Waals surface area contributed by atoms with Gasteiger partial charge in [-0.15, -0.1) is 0 Å². The van der Waals surface area contributed by atoms with E-state index in [1.807, 2.05) is 0 Å². The Kier molecular flexibility index (Phi) is 3.61. The highest BCUT2D eigenvalue weighted by Gasteiger charge is 2.35. The molecular formula is C15H23ClN2. The largest absolute Gasteiger partial charge is 0.366 e. The Hall–Kier alpha value is -0.730. The maximum absolute atomic E-state index is 6.32. The van der Waals surface area contributed by atoms with Crippen LogP contribution in [0.2, 0.25) is 5.02 Å². The Labute approximate surface area is 115 Å². The molecule has 0 spiro atoms. The molecule has 0 aliphatic carbocycles. The molecule has 1 aromatic carbocycles. The molecule has 1 atom stereocenters. The van der Waals surface area contributed by atoms with Gasteiger partial charge in [-0.25, -0.2) is 0 Å². The van der Waals surface area contributed by atoms with Gasteiger partial charge in [0.25, 0.3) is 0 Å². The van der Waals surface area contributed by atoms with E-state index in [9.17, 15) is 0 Å². The second-order valence-corrected chi connectivity index (χ2v) is 6.28. The number of anilines is 1. The second-order valence-electron chi connectivity index (χ2n) is 5.87. The molecule has 0 amide bonds. The van der Waals surface area contributed by atoms with E-state index in [1.165, 1.54) is 17.7 Å². The van der Waals surface area contributed by atoms with Crippen LogP contribution in [0.4, 0.5) is 5.69 Å². The third-order valence-corrected chi connectivity index (χ3v) is 4.44. The minimum absolute atomic E-state index is 0.189. The highest BCUT2D eigenvalue weighted by atomic mass is 35.5. The number of halogens is 1. The number of hydrogen-bond acceptors (Lipinski definition) is 2. The summed E-state index contributed by atoms with van der Waals surface area (Å²) in [6.45, 7) is 10.6. The molecule has 0 unspecified atom stereocenters. The molecule has 0 aromatic heterocycles. The minimum atomic E-state index is 0.189. The summed E-state index contributed by atoms with van der Waals surface area (Å²) in [4.78, 5) is 2.45. The first-order valence-electron chi connectivity index (χ1n) is 6.70. The fourth-order valence-electron chi connectivity index (χ4n) is 3.31. The summed E-state index contributed by atoms with van der Waals surface area (Å²) in [5, 5.41) is 0.791. The van der Waals surface area contributed by atoms with Gasteiger partial charge in [-0.2, -0.15) is 0 Å². The van der Waals surface area contributed by atoms with Crippen molar-refractivity contribution in [3.8, 4) is 0 Å². The monoisotopic (exact) mass is 266 g/mol. The molecule has 1 aromatic rings. The SMILES string of the molecule is CCN1c2cc(Cl)c(CN)cc2[C@@H](C)CC1(C)C. The Morgan fingerprint density at radius 2 is 2.11 bits per heavy atom. The quantitative estimate of drug-likeness (QED) is 0.879. The summed E-state index contributed by atoms with van der Waals surface area (Å²) >= 11 is 6.32. The molecule has 0 radical (unpaired) electrons. The first-order chi connectivity index (χ1) is 8.40. The van der Waals surface area contributed by atoms with Gasteiger partial charge in [-0.3, -0.25) is 0 Å². The molecule has 2 N–H and O–H groups in total. The third-order valence-electron chi connectivity index (χ3n) is 4.09. The van der Waals surface area contributed by atoms with E-state index in [0.717, 1.165) is 17.1 Å². The molecule has 2 rings (SSSR count). The average Bonchev–Trinajstić information content (AvgIpc) is 2.27. The topological polar surface area (TPSA) is 29.3 Å². The van der Waals surface area contributed by atoms with Crippen LogP contribution in [-0.4, -0.2) is 12.1 Å². The lowest BCUT2D eigenvalue weighted by molar-refractivity contribution is 0.381. The fraction of sp³-hybridized carbons (Fsp3) is 0.600. The van der Waals surface area contributed by atoms with Crippen LogP contribution in [0.5, 0.6) is 0 Å². The highest BCUT2D eigenvalue weighted by molar-refractivity contribution is 6.31. The van der Waals surface area contributed by atoms with Crippen molar-refractivity contribution < 1.29 is 0 Å². The van der Waals surface area contributed by atoms with Gasteiger partial charge >= 0.3 is 0 Å². The van der Waals surface area contributed by atoms with E-state index in [-0.39, 0.29) is 5.54 Å². The zero-order valence-electron chi connectivity index (χ0n) is 11.8. The van der Waals surface area contributed by atoms with Gasteiger partial charge in [-0.05, 0) is 50.3 Å². The summed E-state index contributed by atoms with van der Waals surface area (Å²) in [6.07, 6.45) is 1.17. The Bertz CT molecular complexity index is 454. The summed E-state index contributed by atoms with van der Waals surface area (Å²) < 4.78 is 0. The number of nitrogens with zero attached hydrogens (tertiary/aromatic N) is 1. The van der Waals surface area contributed by atoms with Crippen molar-refractivity contribution in [1.29, 1.82) is 0 Å². The first-order valence-corrected chi connectivity index (χ1v) is 7.08. The molecule has 1 aliphatic rings. The van der Waals surface area contributed by atoms with Gasteiger partial charge in [0.1, 0.15) is 0 Å². The Balaban J connectivity index is 2.59. The van der Waals surface area contributed by atoms with E-state index in [4.69, 9.17) is 17.3 Å². The molecular weight excluding hydrogens is 244 g/mol. The van der Waals surface area contributed by atoms with Crippen LogP contribution < -0.4 is 10.6 Å². The Morgan fingerprint density at radius 1 is 1.44 bits per heavy atom. The Morgan fingerprint density at radius 3 is 2.67 bits per heavy atom. The van der Waals surface area contributed by atoms with Crippen molar-refractivity contribution in [3.05, 3.63) is 28.3 Å². The van der Waals surface area contributed by atoms with Gasteiger partial charge in [0.05, 0.1) is 0 Å². The average molecular weight is 267 g/mol. The number of benzene rings is 1. The van der Waals surface area contributed by atoms with Gasteiger partial charge in [-0.1, -0.05) is 24.6 Å². The molecule has 3 heteroatoms. The van der Waals surface area contributed by atoms with Crippen LogP contribution in [-0.2, 0) is 6.54 Å². The lowest BCUT2D eigenvalue weighted by atomic mass is 9.79. The van der Waals surface area contributed by atoms with Crippen LogP contribution in [0.15, 0.2) is 12.1 Å². The van der Waals surface area contributed by atoms with Crippen LogP contribution in [0.3, 0.4) is 0 Å². The van der Waals surface area contributed by atoms with Crippen molar-refractivity contribution >= 4 is 17.3 Å². The zero-order chi connectivity index (χ0) is 13.5. The predicted molar refractivity (Wildman–Crippen MR) is 79.5 cm³/mol. The van der Waals surface area contributed by atoms with Crippen molar-refractivity contribution in [2.24, 2.45) is 5.73 Å². The normalized spacial score (nSPS) is 21.9. The molecule has 1 aliphatic heterocycles. The maximum atomic E-state index is 6.32. The van der Waals surface area contributed by atoms with Crippen LogP contribution in [0.1, 0.15) is 51.2 Å². The number of nitrogens with two attached hydrogens (primary N) is 1. The molecule has 1 heterocycles. The number of rotatable bonds is 2. The van der Waals surface area contributed by atoms with E-state index in [2.05, 4.69) is 44.7 Å². The standard InChI is InChI=1S/C15H23ClN2/c1-5-18-14-7-13(16)11(9-17)6-12(14)10(2)8-15(18,3)4/h6-7,10H,5,8-9,17H2,1-4H3/t10-/m0/s1. The predicted octanol–water partition coefficient (Wildman–Crippen LogP) is 3.91. The van der Waals surface area contributed by atoms with Gasteiger partial charge in [0.15, 0.2) is 0 Å². The fourth-order valence-corrected chi connectivity index (χ4v) is 3.54. The summed E-state index contributed by atoms with van der Waals surface area (Å²) in [6, 6.07) is 4.29. The second kappa shape index (κ2) is 4.75. The van der Waals surface area contributed by atoms with E-state index >= 15 is 0 Å². The minimum Gasteiger partial charge on any atom is -0.366 e. The maximum Gasteiger partial charge on any atom is 0.0471 e. The van der Waals surface area contributed by atoms with Crippen molar-refractivity contribution in [2.45, 2.75) is 52.1 Å². The number of fused-ring (bicyclic) bond motifs is 1. The van der Waals surface area contributed by atoms with Gasteiger partial charge in [0, 0.05) is 29.3 Å². The summed E-state index contributed by atoms with van der Waals surface area (Å²) in [7, 11) is 0. The summed E-state index contributed by atoms with van der Waals surface area (Å²) in [5.41, 5.74) is 9.67. The summed E-state index contributed by atoms with van der Waals surface area (Å²) in [5.74, 6) is 0.556. The van der Waals surface area contributed by atoms with E-state index in [0.29, 0.717) is 12.5 Å². The molecule has 18 heavy (non-hydrogen) atoms. The molecule has 0 bridgehead atoms. The van der Waals surface area contributed by atoms with E-state index in [1.54, 1.807) is 0 Å². The van der Waals surface area contributed by atoms with Gasteiger partial charge < -0.3 is 10.6 Å². The smallest absolute Gasteiger partial charge is 0.0471 e. The molecule has 0 fully saturated rings.